The molecule has 0 aliphatic rings. The van der Waals surface area contributed by atoms with Gasteiger partial charge >= 0.3 is 0 Å². The summed E-state index contributed by atoms with van der Waals surface area (Å²) in [4.78, 5) is 9.15. The number of nitrogens with one attached hydrogen (secondary N) is 1. The van der Waals surface area contributed by atoms with Gasteiger partial charge in [-0.05, 0) is 43.3 Å². The summed E-state index contributed by atoms with van der Waals surface area (Å²) in [5, 5.41) is 32.3. The van der Waals surface area contributed by atoms with E-state index >= 15 is 0 Å². The number of rotatable bonds is 5. The van der Waals surface area contributed by atoms with Gasteiger partial charge in [-0.2, -0.15) is 5.26 Å². The number of aromatic hydroxyl groups is 2. The third-order valence-electron chi connectivity index (χ3n) is 4.52. The van der Waals surface area contributed by atoms with E-state index in [0.717, 1.165) is 11.9 Å². The van der Waals surface area contributed by atoms with E-state index in [4.69, 9.17) is 5.73 Å². The summed E-state index contributed by atoms with van der Waals surface area (Å²) in [6, 6.07) is 12.1. The van der Waals surface area contributed by atoms with Gasteiger partial charge in [0.05, 0.1) is 23.0 Å². The zero-order chi connectivity index (χ0) is 19.7. The topological polar surface area (TPSA) is 132 Å². The average Bonchev–Trinajstić information content (AvgIpc) is 3.15. The molecular weight excluding hydrogens is 356 g/mol. The average molecular weight is 374 g/mol. The fourth-order valence-corrected chi connectivity index (χ4v) is 3.16. The molecule has 0 saturated carbocycles. The Balaban J connectivity index is 2.02. The summed E-state index contributed by atoms with van der Waals surface area (Å²) >= 11 is 0. The van der Waals surface area contributed by atoms with Crippen LogP contribution in [0.25, 0.3) is 27.9 Å². The minimum atomic E-state index is -0.218. The van der Waals surface area contributed by atoms with Crippen LogP contribution in [0.5, 0.6) is 11.5 Å². The Kier molecular flexibility index (Phi) is 4.43. The van der Waals surface area contributed by atoms with E-state index in [0.29, 0.717) is 46.9 Å². The molecule has 2 aromatic carbocycles. The minimum absolute atomic E-state index is 0.194. The smallest absolute Gasteiger partial charge is 0.181 e. The molecule has 2 heterocycles. The molecular formula is C20H18N6O2. The highest BCUT2D eigenvalue weighted by atomic mass is 16.3. The second-order valence-corrected chi connectivity index (χ2v) is 6.32. The molecule has 8 nitrogen and oxygen atoms in total. The largest absolute Gasteiger partial charge is 0.504 e. The maximum Gasteiger partial charge on any atom is 0.181 e. The van der Waals surface area contributed by atoms with Crippen LogP contribution in [0.3, 0.4) is 0 Å². The van der Waals surface area contributed by atoms with Crippen molar-refractivity contribution < 1.29 is 10.2 Å². The van der Waals surface area contributed by atoms with Crippen molar-refractivity contribution in [2.24, 2.45) is 5.73 Å². The predicted octanol–water partition coefficient (Wildman–Crippen LogP) is 2.59. The second kappa shape index (κ2) is 7.06. The molecule has 8 heteroatoms. The van der Waals surface area contributed by atoms with Gasteiger partial charge in [0.15, 0.2) is 23.0 Å². The van der Waals surface area contributed by atoms with Crippen LogP contribution in [0.15, 0.2) is 42.6 Å². The van der Waals surface area contributed by atoms with Crippen molar-refractivity contribution in [2.45, 2.75) is 6.42 Å². The standard InChI is InChI=1S/C20H18N6O2/c21-7-2-8-23-19-20-24-11-15(12-5-6-16(27)17(28)9-12)26(20)14-4-1-3-13(10-22)18(14)25-19/h1,3-6,9,11,27-28H,2,7-8,21H2,(H,23,25). The summed E-state index contributed by atoms with van der Waals surface area (Å²) in [5.74, 6) is 0.141. The lowest BCUT2D eigenvalue weighted by Crippen LogP contribution is -2.11. The highest BCUT2D eigenvalue weighted by molar-refractivity contribution is 5.89. The Labute approximate surface area is 160 Å². The summed E-state index contributed by atoms with van der Waals surface area (Å²) in [7, 11) is 0. The lowest BCUT2D eigenvalue weighted by atomic mass is 10.1. The number of hydrogen-bond donors (Lipinski definition) is 4. The number of nitrogens with two attached hydrogens (primary N) is 1. The molecule has 0 radical (unpaired) electrons. The van der Waals surface area contributed by atoms with E-state index in [1.165, 1.54) is 12.1 Å². The predicted molar refractivity (Wildman–Crippen MR) is 106 cm³/mol. The number of anilines is 1. The fourth-order valence-electron chi connectivity index (χ4n) is 3.16. The van der Waals surface area contributed by atoms with Gasteiger partial charge in [0.1, 0.15) is 11.6 Å². The van der Waals surface area contributed by atoms with Crippen molar-refractivity contribution in [3.8, 4) is 28.8 Å². The first-order valence-corrected chi connectivity index (χ1v) is 8.80. The van der Waals surface area contributed by atoms with E-state index in [9.17, 15) is 15.5 Å². The molecule has 0 atom stereocenters. The minimum Gasteiger partial charge on any atom is -0.504 e. The van der Waals surface area contributed by atoms with Crippen LogP contribution in [-0.4, -0.2) is 37.7 Å². The molecule has 140 valence electrons. The number of para-hydroxylation sites is 1. The van der Waals surface area contributed by atoms with Crippen LogP contribution < -0.4 is 11.1 Å². The number of phenols is 2. The number of imidazole rings is 1. The van der Waals surface area contributed by atoms with Crippen LogP contribution >= 0.6 is 0 Å². The normalized spacial score (nSPS) is 11.0. The monoisotopic (exact) mass is 374 g/mol. The van der Waals surface area contributed by atoms with E-state index in [-0.39, 0.29) is 11.5 Å². The molecule has 2 aromatic heterocycles. The van der Waals surface area contributed by atoms with E-state index in [1.807, 2.05) is 10.5 Å². The second-order valence-electron chi connectivity index (χ2n) is 6.32. The van der Waals surface area contributed by atoms with Gasteiger partial charge in [0, 0.05) is 12.1 Å². The quantitative estimate of drug-likeness (QED) is 0.312. The van der Waals surface area contributed by atoms with Crippen molar-refractivity contribution in [3.05, 3.63) is 48.2 Å². The van der Waals surface area contributed by atoms with Gasteiger partial charge < -0.3 is 21.3 Å². The van der Waals surface area contributed by atoms with Gasteiger partial charge in [-0.1, -0.05) is 6.07 Å². The first kappa shape index (κ1) is 17.6. The molecule has 4 aromatic rings. The Bertz CT molecular complexity index is 1230. The van der Waals surface area contributed by atoms with E-state index in [1.54, 1.807) is 24.4 Å². The number of aromatic nitrogens is 3. The van der Waals surface area contributed by atoms with Crippen LogP contribution in [0.1, 0.15) is 12.0 Å². The number of benzene rings is 2. The van der Waals surface area contributed by atoms with Crippen LogP contribution in [0.4, 0.5) is 5.82 Å². The molecule has 0 amide bonds. The molecule has 4 rings (SSSR count). The van der Waals surface area contributed by atoms with Gasteiger partial charge in [-0.25, -0.2) is 9.97 Å². The van der Waals surface area contributed by atoms with Gasteiger partial charge in [0.2, 0.25) is 0 Å². The van der Waals surface area contributed by atoms with Crippen molar-refractivity contribution in [1.82, 2.24) is 14.4 Å². The summed E-state index contributed by atoms with van der Waals surface area (Å²) in [6.07, 6.45) is 2.45. The van der Waals surface area contributed by atoms with Crippen molar-refractivity contribution in [1.29, 1.82) is 5.26 Å². The molecule has 28 heavy (non-hydrogen) atoms. The third kappa shape index (κ3) is 2.84. The third-order valence-corrected chi connectivity index (χ3v) is 4.52. The molecule has 0 aliphatic carbocycles. The molecule has 0 aliphatic heterocycles. The zero-order valence-corrected chi connectivity index (χ0v) is 14.9. The van der Waals surface area contributed by atoms with Crippen molar-refractivity contribution >= 4 is 22.5 Å². The molecule has 0 spiro atoms. The highest BCUT2D eigenvalue weighted by Gasteiger charge is 2.17. The number of phenolic OH excluding ortho intramolecular Hbond substituents is 2. The maximum absolute atomic E-state index is 9.91. The maximum atomic E-state index is 9.91. The molecule has 0 unspecified atom stereocenters. The van der Waals surface area contributed by atoms with E-state index in [2.05, 4.69) is 21.4 Å². The van der Waals surface area contributed by atoms with Crippen LogP contribution in [0.2, 0.25) is 0 Å². The Hall–Kier alpha value is -3.83. The van der Waals surface area contributed by atoms with Gasteiger partial charge in [-0.3, -0.25) is 4.40 Å². The fraction of sp³-hybridized carbons (Fsp3) is 0.150. The summed E-state index contributed by atoms with van der Waals surface area (Å²) in [5.41, 5.74) is 9.28. The number of fused-ring (bicyclic) bond motifs is 3. The number of hydrogen-bond acceptors (Lipinski definition) is 7. The summed E-state index contributed by atoms with van der Waals surface area (Å²) < 4.78 is 1.89. The Morgan fingerprint density at radius 1 is 1.18 bits per heavy atom. The van der Waals surface area contributed by atoms with Crippen LogP contribution in [-0.2, 0) is 0 Å². The Morgan fingerprint density at radius 3 is 2.79 bits per heavy atom. The van der Waals surface area contributed by atoms with Crippen LogP contribution in [0, 0.1) is 11.3 Å². The van der Waals surface area contributed by atoms with Gasteiger partial charge in [-0.15, -0.1) is 0 Å². The SMILES string of the molecule is N#Cc1cccc2c1nc(NCCCN)c1ncc(-c3ccc(O)c(O)c3)n12. The first-order valence-electron chi connectivity index (χ1n) is 8.80. The molecule has 5 N–H and O–H groups in total. The molecule has 0 saturated heterocycles. The van der Waals surface area contributed by atoms with Crippen molar-refractivity contribution in [3.63, 3.8) is 0 Å². The zero-order valence-electron chi connectivity index (χ0n) is 14.9. The number of nitrogens with zero attached hydrogens (tertiary/aromatic N) is 4. The highest BCUT2D eigenvalue weighted by Crippen LogP contribution is 2.33. The first-order chi connectivity index (χ1) is 13.6. The Morgan fingerprint density at radius 2 is 2.04 bits per heavy atom. The van der Waals surface area contributed by atoms with Gasteiger partial charge in [0.25, 0.3) is 0 Å². The molecule has 0 bridgehead atoms. The van der Waals surface area contributed by atoms with E-state index < -0.39 is 0 Å². The molecule has 0 fully saturated rings. The lowest BCUT2D eigenvalue weighted by molar-refractivity contribution is 0.404. The lowest BCUT2D eigenvalue weighted by Gasteiger charge is -2.12. The number of nitriles is 1. The van der Waals surface area contributed by atoms with Crippen molar-refractivity contribution in [2.75, 3.05) is 18.4 Å². The summed E-state index contributed by atoms with van der Waals surface area (Å²) in [6.45, 7) is 1.17.